The third kappa shape index (κ3) is 3.92. The molecule has 0 amide bonds. The molecule has 0 spiro atoms. The average Bonchev–Trinajstić information content (AvgIpc) is 2.14. The predicted molar refractivity (Wildman–Crippen MR) is 55.2 cm³/mol. The molecule has 4 heteroatoms. The van der Waals surface area contributed by atoms with Gasteiger partial charge in [0.15, 0.2) is 0 Å². The fourth-order valence-electron chi connectivity index (χ4n) is 1.69. The maximum Gasteiger partial charge on any atom is 0.0906 e. The van der Waals surface area contributed by atoms with Crippen LogP contribution in [0.4, 0.5) is 4.39 Å². The Morgan fingerprint density at radius 3 is 2.92 bits per heavy atom. The predicted octanol–water partition coefficient (Wildman–Crippen LogP) is 1.83. The summed E-state index contributed by atoms with van der Waals surface area (Å²) in [6, 6.07) is 0. The molecule has 1 aliphatic heterocycles. The smallest absolute Gasteiger partial charge is 0.0906 e. The van der Waals surface area contributed by atoms with Crippen molar-refractivity contribution >= 4 is 15.9 Å². The Morgan fingerprint density at radius 1 is 1.54 bits per heavy atom. The van der Waals surface area contributed by atoms with Crippen LogP contribution in [0.15, 0.2) is 0 Å². The molecule has 1 rings (SSSR count). The van der Waals surface area contributed by atoms with Gasteiger partial charge in [0.1, 0.15) is 0 Å². The van der Waals surface area contributed by atoms with Gasteiger partial charge in [-0.1, -0.05) is 15.9 Å². The maximum absolute atomic E-state index is 12.0. The third-order valence-corrected chi connectivity index (χ3v) is 2.90. The number of morpholine rings is 1. The molecule has 2 nitrogen and oxygen atoms in total. The largest absolute Gasteiger partial charge is 0.372 e. The van der Waals surface area contributed by atoms with Crippen LogP contribution in [0.5, 0.6) is 0 Å². The maximum atomic E-state index is 12.0. The van der Waals surface area contributed by atoms with E-state index in [4.69, 9.17) is 4.74 Å². The van der Waals surface area contributed by atoms with Gasteiger partial charge in [-0.2, -0.15) is 0 Å². The normalized spacial score (nSPS) is 30.7. The zero-order valence-electron chi connectivity index (χ0n) is 8.01. The molecule has 13 heavy (non-hydrogen) atoms. The van der Waals surface area contributed by atoms with Crippen molar-refractivity contribution in [2.24, 2.45) is 0 Å². The van der Waals surface area contributed by atoms with Crippen LogP contribution in [0.25, 0.3) is 0 Å². The Labute approximate surface area is 87.6 Å². The summed E-state index contributed by atoms with van der Waals surface area (Å²) < 4.78 is 17.6. The van der Waals surface area contributed by atoms with Crippen LogP contribution >= 0.6 is 15.9 Å². The lowest BCUT2D eigenvalue weighted by atomic mass is 10.2. The molecular formula is C9H17BrFNO. The summed E-state index contributed by atoms with van der Waals surface area (Å²) in [5.41, 5.74) is 0. The lowest BCUT2D eigenvalue weighted by Crippen LogP contribution is -2.47. The Hall–Kier alpha value is 0.330. The molecule has 2 atom stereocenters. The van der Waals surface area contributed by atoms with E-state index in [1.807, 2.05) is 0 Å². The number of ether oxygens (including phenoxy) is 1. The summed E-state index contributed by atoms with van der Waals surface area (Å²) >= 11 is 3.41. The number of alkyl halides is 2. The molecule has 0 aliphatic carbocycles. The number of nitrogens with zero attached hydrogens (tertiary/aromatic N) is 1. The van der Waals surface area contributed by atoms with E-state index in [1.165, 1.54) is 0 Å². The molecule has 0 radical (unpaired) electrons. The molecule has 2 unspecified atom stereocenters. The van der Waals surface area contributed by atoms with Crippen LogP contribution in [0.3, 0.4) is 0 Å². The van der Waals surface area contributed by atoms with E-state index in [0.717, 1.165) is 25.0 Å². The van der Waals surface area contributed by atoms with E-state index in [1.54, 1.807) is 0 Å². The molecule has 1 aliphatic rings. The van der Waals surface area contributed by atoms with Crippen molar-refractivity contribution in [1.82, 2.24) is 4.90 Å². The number of halogens is 2. The first-order valence-electron chi connectivity index (χ1n) is 4.76. The first kappa shape index (κ1) is 11.4. The highest BCUT2D eigenvalue weighted by molar-refractivity contribution is 9.09. The van der Waals surface area contributed by atoms with E-state index < -0.39 is 0 Å². The zero-order valence-corrected chi connectivity index (χ0v) is 9.59. The lowest BCUT2D eigenvalue weighted by molar-refractivity contribution is -0.0656. The Bertz CT molecular complexity index is 148. The van der Waals surface area contributed by atoms with E-state index in [0.29, 0.717) is 6.42 Å². The van der Waals surface area contributed by atoms with Crippen LogP contribution < -0.4 is 0 Å². The minimum absolute atomic E-state index is 0.218. The van der Waals surface area contributed by atoms with E-state index in [9.17, 15) is 4.39 Å². The minimum Gasteiger partial charge on any atom is -0.372 e. The van der Waals surface area contributed by atoms with Crippen molar-refractivity contribution in [3.05, 3.63) is 0 Å². The van der Waals surface area contributed by atoms with Crippen molar-refractivity contribution in [1.29, 1.82) is 0 Å². The highest BCUT2D eigenvalue weighted by Crippen LogP contribution is 2.12. The van der Waals surface area contributed by atoms with Crippen molar-refractivity contribution in [2.75, 3.05) is 31.6 Å². The van der Waals surface area contributed by atoms with Gasteiger partial charge in [-0.05, 0) is 13.3 Å². The van der Waals surface area contributed by atoms with Gasteiger partial charge in [-0.25, -0.2) is 0 Å². The summed E-state index contributed by atoms with van der Waals surface area (Å²) in [6.07, 6.45) is 1.18. The fraction of sp³-hybridized carbons (Fsp3) is 1.00. The molecule has 0 aromatic carbocycles. The molecule has 0 N–H and O–H groups in total. The quantitative estimate of drug-likeness (QED) is 0.710. The van der Waals surface area contributed by atoms with E-state index in [-0.39, 0.29) is 18.9 Å². The molecule has 1 heterocycles. The van der Waals surface area contributed by atoms with Gasteiger partial charge >= 0.3 is 0 Å². The van der Waals surface area contributed by atoms with Gasteiger partial charge in [-0.3, -0.25) is 9.29 Å². The SMILES string of the molecule is CC1CN(CCCF)CC(CBr)O1. The number of hydrogen-bond acceptors (Lipinski definition) is 2. The molecule has 0 aromatic rings. The third-order valence-electron chi connectivity index (χ3n) is 2.18. The summed E-state index contributed by atoms with van der Waals surface area (Å²) in [5, 5.41) is 0.865. The Balaban J connectivity index is 2.29. The van der Waals surface area contributed by atoms with Crippen LogP contribution in [0.2, 0.25) is 0 Å². The molecule has 0 saturated carbocycles. The van der Waals surface area contributed by atoms with Crippen LogP contribution in [0.1, 0.15) is 13.3 Å². The van der Waals surface area contributed by atoms with Gasteiger partial charge < -0.3 is 4.74 Å². The minimum atomic E-state index is -0.218. The standard InChI is InChI=1S/C9H17BrFNO/c1-8-6-12(4-2-3-11)7-9(5-10)13-8/h8-9H,2-7H2,1H3. The number of hydrogen-bond donors (Lipinski definition) is 0. The van der Waals surface area contributed by atoms with Crippen molar-refractivity contribution in [3.8, 4) is 0 Å². The first-order chi connectivity index (χ1) is 6.26. The zero-order chi connectivity index (χ0) is 9.68. The fourth-order valence-corrected chi connectivity index (χ4v) is 2.05. The lowest BCUT2D eigenvalue weighted by Gasteiger charge is -2.35. The van der Waals surface area contributed by atoms with E-state index in [2.05, 4.69) is 27.8 Å². The second kappa shape index (κ2) is 5.94. The van der Waals surface area contributed by atoms with Crippen LogP contribution in [0, 0.1) is 0 Å². The summed E-state index contributed by atoms with van der Waals surface area (Å²) in [5.74, 6) is 0. The van der Waals surface area contributed by atoms with Gasteiger partial charge in [0.05, 0.1) is 18.9 Å². The monoisotopic (exact) mass is 253 g/mol. The second-order valence-electron chi connectivity index (χ2n) is 3.53. The summed E-state index contributed by atoms with van der Waals surface area (Å²) in [4.78, 5) is 2.28. The molecule has 0 bridgehead atoms. The molecule has 1 saturated heterocycles. The van der Waals surface area contributed by atoms with Crippen LogP contribution in [-0.4, -0.2) is 48.7 Å². The van der Waals surface area contributed by atoms with Gasteiger partial charge in [0, 0.05) is 25.0 Å². The summed E-state index contributed by atoms with van der Waals surface area (Å²) in [6.45, 7) is 4.56. The first-order valence-corrected chi connectivity index (χ1v) is 5.88. The van der Waals surface area contributed by atoms with Crippen LogP contribution in [-0.2, 0) is 4.74 Å². The average molecular weight is 254 g/mol. The Kier molecular flexibility index (Phi) is 5.21. The second-order valence-corrected chi connectivity index (χ2v) is 4.17. The van der Waals surface area contributed by atoms with Gasteiger partial charge in [0.2, 0.25) is 0 Å². The van der Waals surface area contributed by atoms with Crippen molar-refractivity contribution in [2.45, 2.75) is 25.6 Å². The molecule has 78 valence electrons. The number of rotatable bonds is 4. The molecule has 0 aromatic heterocycles. The highest BCUT2D eigenvalue weighted by Gasteiger charge is 2.23. The Morgan fingerprint density at radius 2 is 2.31 bits per heavy atom. The molecule has 1 fully saturated rings. The summed E-state index contributed by atoms with van der Waals surface area (Å²) in [7, 11) is 0. The highest BCUT2D eigenvalue weighted by atomic mass is 79.9. The van der Waals surface area contributed by atoms with E-state index >= 15 is 0 Å². The van der Waals surface area contributed by atoms with Gasteiger partial charge in [-0.15, -0.1) is 0 Å². The molecular weight excluding hydrogens is 237 g/mol. The van der Waals surface area contributed by atoms with Crippen molar-refractivity contribution < 1.29 is 9.13 Å². The van der Waals surface area contributed by atoms with Gasteiger partial charge in [0.25, 0.3) is 0 Å². The topological polar surface area (TPSA) is 12.5 Å². The van der Waals surface area contributed by atoms with Crippen molar-refractivity contribution in [3.63, 3.8) is 0 Å².